The molecule has 0 saturated heterocycles. The molecule has 2 aromatic heterocycles. The molecule has 3 aromatic rings. The molecular formula is C19H17F3N4OS. The molecule has 1 N–H and O–H groups in total. The van der Waals surface area contributed by atoms with E-state index in [9.17, 15) is 18.0 Å². The number of nitrogens with zero attached hydrogens (tertiary/aromatic N) is 3. The minimum atomic E-state index is -4.51. The van der Waals surface area contributed by atoms with E-state index in [1.54, 1.807) is 30.5 Å². The van der Waals surface area contributed by atoms with Crippen LogP contribution in [0, 0.1) is 13.8 Å². The van der Waals surface area contributed by atoms with Gasteiger partial charge in [-0.2, -0.15) is 13.2 Å². The molecule has 3 heterocycles. The number of anilines is 1. The third kappa shape index (κ3) is 3.15. The summed E-state index contributed by atoms with van der Waals surface area (Å²) in [5.41, 5.74) is 2.94. The molecule has 1 atom stereocenters. The second-order valence-electron chi connectivity index (χ2n) is 6.62. The van der Waals surface area contributed by atoms with Crippen LogP contribution in [0.5, 0.6) is 0 Å². The lowest BCUT2D eigenvalue weighted by Gasteiger charge is -2.38. The van der Waals surface area contributed by atoms with E-state index in [4.69, 9.17) is 0 Å². The van der Waals surface area contributed by atoms with Gasteiger partial charge in [-0.05, 0) is 32.0 Å². The summed E-state index contributed by atoms with van der Waals surface area (Å²) < 4.78 is 41.6. The Morgan fingerprint density at radius 2 is 2.00 bits per heavy atom. The summed E-state index contributed by atoms with van der Waals surface area (Å²) in [6.45, 7) is 2.35. The number of para-hydroxylation sites is 1. The van der Waals surface area contributed by atoms with Gasteiger partial charge in [-0.1, -0.05) is 12.1 Å². The average Bonchev–Trinajstić information content (AvgIpc) is 3.24. The van der Waals surface area contributed by atoms with E-state index in [0.717, 1.165) is 21.4 Å². The number of carbonyl (C=O) groups is 1. The SMILES string of the molecule is Cc1cc([C@H]2Nc3ccccc3C(=O)N2CC(F)(F)F)c(C)n1-c1nccs1. The van der Waals surface area contributed by atoms with Crippen molar-refractivity contribution in [2.24, 2.45) is 0 Å². The number of rotatable bonds is 3. The van der Waals surface area contributed by atoms with Crippen LogP contribution in [0.1, 0.15) is 33.5 Å². The first-order chi connectivity index (χ1) is 13.3. The number of hydrogen-bond donors (Lipinski definition) is 1. The van der Waals surface area contributed by atoms with Crippen molar-refractivity contribution >= 4 is 22.9 Å². The Hall–Kier alpha value is -2.81. The molecule has 1 aliphatic heterocycles. The van der Waals surface area contributed by atoms with Crippen LogP contribution in [0.2, 0.25) is 0 Å². The molecule has 5 nitrogen and oxygen atoms in total. The predicted molar refractivity (Wildman–Crippen MR) is 101 cm³/mol. The van der Waals surface area contributed by atoms with Crippen LogP contribution < -0.4 is 5.32 Å². The maximum Gasteiger partial charge on any atom is 0.406 e. The van der Waals surface area contributed by atoms with E-state index in [1.807, 2.05) is 23.8 Å². The number of alkyl halides is 3. The fraction of sp³-hybridized carbons (Fsp3) is 0.263. The monoisotopic (exact) mass is 406 g/mol. The Balaban J connectivity index is 1.83. The highest BCUT2D eigenvalue weighted by Crippen LogP contribution is 2.37. The Morgan fingerprint density at radius 1 is 1.25 bits per heavy atom. The normalized spacial score (nSPS) is 16.8. The van der Waals surface area contributed by atoms with Gasteiger partial charge in [0.25, 0.3) is 5.91 Å². The molecule has 9 heteroatoms. The second-order valence-corrected chi connectivity index (χ2v) is 7.49. The highest BCUT2D eigenvalue weighted by Gasteiger charge is 2.41. The smallest absolute Gasteiger partial charge is 0.361 e. The van der Waals surface area contributed by atoms with E-state index in [2.05, 4.69) is 10.3 Å². The summed E-state index contributed by atoms with van der Waals surface area (Å²) >= 11 is 1.44. The molecule has 0 unspecified atom stereocenters. The molecule has 0 spiro atoms. The summed E-state index contributed by atoms with van der Waals surface area (Å²) in [5, 5.41) is 5.68. The molecule has 1 aliphatic rings. The standard InChI is InChI=1S/C19H17F3N4OS/c1-11-9-14(12(2)26(11)18-23-7-8-28-18)16-24-15-6-4-3-5-13(15)17(27)25(16)10-19(20,21)22/h3-9,16,24H,10H2,1-2H3/t16-/m0/s1. The van der Waals surface area contributed by atoms with Crippen LogP contribution in [0.15, 0.2) is 41.9 Å². The van der Waals surface area contributed by atoms with Crippen LogP contribution in [0.4, 0.5) is 18.9 Å². The number of amides is 1. The van der Waals surface area contributed by atoms with Gasteiger partial charge in [0.2, 0.25) is 0 Å². The Morgan fingerprint density at radius 3 is 2.68 bits per heavy atom. The van der Waals surface area contributed by atoms with Gasteiger partial charge in [-0.15, -0.1) is 11.3 Å². The summed E-state index contributed by atoms with van der Waals surface area (Å²) in [5.74, 6) is -0.643. The minimum absolute atomic E-state index is 0.233. The Bertz CT molecular complexity index is 1030. The highest BCUT2D eigenvalue weighted by molar-refractivity contribution is 7.12. The number of benzene rings is 1. The van der Waals surface area contributed by atoms with Gasteiger partial charge in [-0.3, -0.25) is 9.36 Å². The Labute approximate surface area is 163 Å². The summed E-state index contributed by atoms with van der Waals surface area (Å²) in [7, 11) is 0. The highest BCUT2D eigenvalue weighted by atomic mass is 32.1. The molecule has 0 fully saturated rings. The van der Waals surface area contributed by atoms with Gasteiger partial charge < -0.3 is 10.2 Å². The number of nitrogens with one attached hydrogen (secondary N) is 1. The van der Waals surface area contributed by atoms with Crippen LogP contribution >= 0.6 is 11.3 Å². The minimum Gasteiger partial charge on any atom is -0.361 e. The number of carbonyl (C=O) groups excluding carboxylic acids is 1. The quantitative estimate of drug-likeness (QED) is 0.687. The molecule has 28 heavy (non-hydrogen) atoms. The van der Waals surface area contributed by atoms with Crippen molar-refractivity contribution in [1.82, 2.24) is 14.5 Å². The third-order valence-corrected chi connectivity index (χ3v) is 5.50. The molecule has 0 saturated carbocycles. The zero-order valence-corrected chi connectivity index (χ0v) is 15.9. The molecule has 1 aromatic carbocycles. The number of fused-ring (bicyclic) bond motifs is 1. The maximum atomic E-state index is 13.3. The van der Waals surface area contributed by atoms with Gasteiger partial charge in [0.1, 0.15) is 12.7 Å². The molecule has 0 aliphatic carbocycles. The first-order valence-electron chi connectivity index (χ1n) is 8.58. The van der Waals surface area contributed by atoms with Crippen molar-refractivity contribution in [2.45, 2.75) is 26.2 Å². The van der Waals surface area contributed by atoms with Crippen molar-refractivity contribution in [3.63, 3.8) is 0 Å². The van der Waals surface area contributed by atoms with Crippen molar-refractivity contribution < 1.29 is 18.0 Å². The van der Waals surface area contributed by atoms with Gasteiger partial charge >= 0.3 is 6.18 Å². The number of aromatic nitrogens is 2. The summed E-state index contributed by atoms with van der Waals surface area (Å²) in [6, 6.07) is 8.42. The Kier molecular flexibility index (Phi) is 4.41. The number of halogens is 3. The summed E-state index contributed by atoms with van der Waals surface area (Å²) in [4.78, 5) is 18.0. The van der Waals surface area contributed by atoms with Crippen LogP contribution in [-0.2, 0) is 0 Å². The lowest BCUT2D eigenvalue weighted by molar-refractivity contribution is -0.144. The lowest BCUT2D eigenvalue weighted by atomic mass is 10.0. The topological polar surface area (TPSA) is 50.2 Å². The van der Waals surface area contributed by atoms with Crippen molar-refractivity contribution in [3.8, 4) is 5.13 Å². The van der Waals surface area contributed by atoms with Crippen LogP contribution in [-0.4, -0.2) is 33.1 Å². The van der Waals surface area contributed by atoms with Crippen LogP contribution in [0.25, 0.3) is 5.13 Å². The van der Waals surface area contributed by atoms with E-state index in [-0.39, 0.29) is 5.56 Å². The van der Waals surface area contributed by atoms with E-state index in [1.165, 1.54) is 17.4 Å². The van der Waals surface area contributed by atoms with E-state index < -0.39 is 24.8 Å². The maximum absolute atomic E-state index is 13.3. The molecule has 146 valence electrons. The van der Waals surface area contributed by atoms with Gasteiger partial charge in [0, 0.05) is 34.2 Å². The zero-order chi connectivity index (χ0) is 20.1. The first kappa shape index (κ1) is 18.5. The molecule has 1 amide bonds. The lowest BCUT2D eigenvalue weighted by Crippen LogP contribution is -2.47. The van der Waals surface area contributed by atoms with Crippen molar-refractivity contribution in [1.29, 1.82) is 0 Å². The van der Waals surface area contributed by atoms with Gasteiger partial charge in [0.05, 0.1) is 5.56 Å². The second kappa shape index (κ2) is 6.66. The van der Waals surface area contributed by atoms with Gasteiger partial charge in [-0.25, -0.2) is 4.98 Å². The number of hydrogen-bond acceptors (Lipinski definition) is 4. The van der Waals surface area contributed by atoms with E-state index >= 15 is 0 Å². The fourth-order valence-corrected chi connectivity index (χ4v) is 4.33. The van der Waals surface area contributed by atoms with Crippen molar-refractivity contribution in [3.05, 3.63) is 64.4 Å². The van der Waals surface area contributed by atoms with Gasteiger partial charge in [0.15, 0.2) is 5.13 Å². The number of thiazole rings is 1. The fourth-order valence-electron chi connectivity index (χ4n) is 3.58. The molecule has 4 rings (SSSR count). The largest absolute Gasteiger partial charge is 0.406 e. The average molecular weight is 406 g/mol. The van der Waals surface area contributed by atoms with Crippen molar-refractivity contribution in [2.75, 3.05) is 11.9 Å². The van der Waals surface area contributed by atoms with E-state index in [0.29, 0.717) is 11.3 Å². The first-order valence-corrected chi connectivity index (χ1v) is 9.46. The third-order valence-electron chi connectivity index (χ3n) is 4.75. The molecule has 0 radical (unpaired) electrons. The van der Waals surface area contributed by atoms with Crippen LogP contribution in [0.3, 0.4) is 0 Å². The summed E-state index contributed by atoms with van der Waals surface area (Å²) in [6.07, 6.45) is -3.76. The zero-order valence-electron chi connectivity index (χ0n) is 15.1. The molecular weight excluding hydrogens is 389 g/mol. The number of aryl methyl sites for hydroxylation is 1. The predicted octanol–water partition coefficient (Wildman–Crippen LogP) is 4.68. The molecule has 0 bridgehead atoms.